The molecule has 6 nitrogen and oxygen atoms in total. The molecule has 0 spiro atoms. The molecule has 17 heavy (non-hydrogen) atoms. The number of hydrogen-bond donors (Lipinski definition) is 3. The maximum absolute atomic E-state index is 11.4. The van der Waals surface area contributed by atoms with E-state index in [1.165, 1.54) is 0 Å². The Morgan fingerprint density at radius 2 is 2.18 bits per heavy atom. The van der Waals surface area contributed by atoms with Crippen molar-refractivity contribution < 1.29 is 19.4 Å². The molecule has 1 fully saturated rings. The third-order valence-electron chi connectivity index (χ3n) is 2.79. The monoisotopic (exact) mass is 244 g/mol. The summed E-state index contributed by atoms with van der Waals surface area (Å²) in [5, 5.41) is 13.8. The number of urea groups is 1. The number of carboxylic acid groups (broad SMARTS) is 1. The maximum atomic E-state index is 11.4. The molecular formula is C11H20N2O4. The van der Waals surface area contributed by atoms with Crippen molar-refractivity contribution in [3.8, 4) is 0 Å². The molecule has 0 bridgehead atoms. The average Bonchev–Trinajstić information content (AvgIpc) is 2.63. The van der Waals surface area contributed by atoms with Crippen molar-refractivity contribution in [2.75, 3.05) is 19.8 Å². The van der Waals surface area contributed by atoms with Crippen LogP contribution in [0.5, 0.6) is 0 Å². The van der Waals surface area contributed by atoms with Crippen LogP contribution in [0.3, 0.4) is 0 Å². The predicted octanol–water partition coefficient (Wildman–Crippen LogP) is 0.575. The Morgan fingerprint density at radius 1 is 1.41 bits per heavy atom. The van der Waals surface area contributed by atoms with E-state index in [-0.39, 0.29) is 25.3 Å². The van der Waals surface area contributed by atoms with Gasteiger partial charge in [0.25, 0.3) is 0 Å². The van der Waals surface area contributed by atoms with Crippen LogP contribution >= 0.6 is 0 Å². The van der Waals surface area contributed by atoms with E-state index in [4.69, 9.17) is 9.84 Å². The minimum Gasteiger partial charge on any atom is -0.480 e. The van der Waals surface area contributed by atoms with Crippen molar-refractivity contribution in [2.24, 2.45) is 5.92 Å². The highest BCUT2D eigenvalue weighted by molar-refractivity contribution is 5.74. The summed E-state index contributed by atoms with van der Waals surface area (Å²) in [6, 6.07) is 0.0629. The lowest BCUT2D eigenvalue weighted by Crippen LogP contribution is -2.42. The fraction of sp³-hybridized carbons (Fsp3) is 0.818. The lowest BCUT2D eigenvalue weighted by molar-refractivity contribution is -0.142. The quantitative estimate of drug-likeness (QED) is 0.596. The first-order valence-corrected chi connectivity index (χ1v) is 5.92. The Kier molecular flexibility index (Phi) is 5.76. The van der Waals surface area contributed by atoms with Gasteiger partial charge in [-0.05, 0) is 25.2 Å². The zero-order chi connectivity index (χ0) is 12.7. The number of aliphatic carboxylic acids is 1. The first-order valence-electron chi connectivity index (χ1n) is 5.92. The van der Waals surface area contributed by atoms with Crippen LogP contribution in [-0.4, -0.2) is 42.9 Å². The second-order valence-corrected chi connectivity index (χ2v) is 4.46. The highest BCUT2D eigenvalue weighted by Crippen LogP contribution is 2.24. The first kappa shape index (κ1) is 13.8. The molecule has 3 N–H and O–H groups in total. The van der Waals surface area contributed by atoms with Gasteiger partial charge in [-0.2, -0.15) is 0 Å². The van der Waals surface area contributed by atoms with Gasteiger partial charge in [0.15, 0.2) is 0 Å². The number of ether oxygens (including phenoxy) is 1. The van der Waals surface area contributed by atoms with Crippen molar-refractivity contribution in [1.29, 1.82) is 0 Å². The number of carbonyl (C=O) groups is 2. The van der Waals surface area contributed by atoms with Gasteiger partial charge in [0.2, 0.25) is 0 Å². The number of carbonyl (C=O) groups excluding carboxylic acids is 1. The highest BCUT2D eigenvalue weighted by Gasteiger charge is 2.22. The van der Waals surface area contributed by atoms with Crippen LogP contribution in [0.4, 0.5) is 4.79 Å². The molecule has 2 amide bonds. The molecule has 1 rings (SSSR count). The van der Waals surface area contributed by atoms with Gasteiger partial charge in [0.05, 0.1) is 6.61 Å². The van der Waals surface area contributed by atoms with Gasteiger partial charge in [-0.3, -0.25) is 0 Å². The van der Waals surface area contributed by atoms with Crippen LogP contribution in [0.2, 0.25) is 0 Å². The zero-order valence-electron chi connectivity index (χ0n) is 10.1. The van der Waals surface area contributed by atoms with Gasteiger partial charge in [-0.1, -0.05) is 6.92 Å². The second kappa shape index (κ2) is 7.11. The molecule has 98 valence electrons. The molecule has 0 aromatic heterocycles. The number of rotatable bonds is 6. The standard InChI is InChI=1S/C11H20N2O4/c1-8-2-3-9(6-8)13-11(16)12-4-5-17-7-10(14)15/h8-9H,2-7H2,1H3,(H,14,15)(H2,12,13,16). The summed E-state index contributed by atoms with van der Waals surface area (Å²) in [6.45, 7) is 2.38. The number of nitrogens with one attached hydrogen (secondary N) is 2. The third-order valence-corrected chi connectivity index (χ3v) is 2.79. The number of hydrogen-bond acceptors (Lipinski definition) is 3. The van der Waals surface area contributed by atoms with Crippen LogP contribution in [0.1, 0.15) is 26.2 Å². The molecule has 1 aliphatic rings. The van der Waals surface area contributed by atoms with Gasteiger partial charge in [0, 0.05) is 12.6 Å². The molecule has 6 heteroatoms. The predicted molar refractivity (Wildman–Crippen MR) is 61.8 cm³/mol. The molecule has 2 unspecified atom stereocenters. The molecule has 0 radical (unpaired) electrons. The second-order valence-electron chi connectivity index (χ2n) is 4.46. The van der Waals surface area contributed by atoms with Gasteiger partial charge < -0.3 is 20.5 Å². The summed E-state index contributed by atoms with van der Waals surface area (Å²) < 4.78 is 4.79. The van der Waals surface area contributed by atoms with Gasteiger partial charge in [-0.25, -0.2) is 9.59 Å². The maximum Gasteiger partial charge on any atom is 0.329 e. The van der Waals surface area contributed by atoms with E-state index in [1.807, 2.05) is 0 Å². The summed E-state index contributed by atoms with van der Waals surface area (Å²) in [6.07, 6.45) is 3.22. The molecule has 2 atom stereocenters. The van der Waals surface area contributed by atoms with Crippen LogP contribution in [-0.2, 0) is 9.53 Å². The van der Waals surface area contributed by atoms with Crippen LogP contribution in [0.15, 0.2) is 0 Å². The van der Waals surface area contributed by atoms with E-state index < -0.39 is 5.97 Å². The lowest BCUT2D eigenvalue weighted by atomic mass is 10.1. The highest BCUT2D eigenvalue weighted by atomic mass is 16.5. The third kappa shape index (κ3) is 6.11. The molecule has 0 heterocycles. The van der Waals surface area contributed by atoms with Crippen molar-refractivity contribution >= 4 is 12.0 Å². The minimum atomic E-state index is -1.01. The van der Waals surface area contributed by atoms with Crippen molar-refractivity contribution in [2.45, 2.75) is 32.2 Å². The summed E-state index contributed by atoms with van der Waals surface area (Å²) in [7, 11) is 0. The van der Waals surface area contributed by atoms with E-state index in [2.05, 4.69) is 17.6 Å². The van der Waals surface area contributed by atoms with E-state index in [0.717, 1.165) is 19.3 Å². The van der Waals surface area contributed by atoms with E-state index in [9.17, 15) is 9.59 Å². The smallest absolute Gasteiger partial charge is 0.329 e. The van der Waals surface area contributed by atoms with Crippen LogP contribution in [0.25, 0.3) is 0 Å². The fourth-order valence-electron chi connectivity index (χ4n) is 1.97. The van der Waals surface area contributed by atoms with E-state index >= 15 is 0 Å². The minimum absolute atomic E-state index is 0.206. The molecule has 1 saturated carbocycles. The van der Waals surface area contributed by atoms with Crippen LogP contribution < -0.4 is 10.6 Å². The largest absolute Gasteiger partial charge is 0.480 e. The van der Waals surface area contributed by atoms with Gasteiger partial charge in [0.1, 0.15) is 6.61 Å². The Bertz CT molecular complexity index is 270. The normalized spacial score (nSPS) is 23.4. The Labute approximate surface area is 101 Å². The number of carboxylic acids is 1. The van der Waals surface area contributed by atoms with Crippen molar-refractivity contribution in [3.63, 3.8) is 0 Å². The summed E-state index contributed by atoms with van der Waals surface area (Å²) in [4.78, 5) is 21.5. The Morgan fingerprint density at radius 3 is 2.76 bits per heavy atom. The molecule has 0 aliphatic heterocycles. The molecular weight excluding hydrogens is 224 g/mol. The SMILES string of the molecule is CC1CCC(NC(=O)NCCOCC(=O)O)C1. The van der Waals surface area contributed by atoms with Crippen molar-refractivity contribution in [1.82, 2.24) is 10.6 Å². The first-order chi connectivity index (χ1) is 8.08. The zero-order valence-corrected chi connectivity index (χ0v) is 10.1. The van der Waals surface area contributed by atoms with E-state index in [1.54, 1.807) is 0 Å². The molecule has 0 saturated heterocycles. The summed E-state index contributed by atoms with van der Waals surface area (Å²) in [5.41, 5.74) is 0. The average molecular weight is 244 g/mol. The molecule has 1 aliphatic carbocycles. The Balaban J connectivity index is 1.99. The summed E-state index contributed by atoms with van der Waals surface area (Å²) >= 11 is 0. The van der Waals surface area contributed by atoms with Gasteiger partial charge in [-0.15, -0.1) is 0 Å². The lowest BCUT2D eigenvalue weighted by Gasteiger charge is -2.13. The topological polar surface area (TPSA) is 87.7 Å². The Hall–Kier alpha value is -1.30. The molecule has 0 aromatic rings. The van der Waals surface area contributed by atoms with E-state index in [0.29, 0.717) is 12.5 Å². The molecule has 0 aromatic carbocycles. The van der Waals surface area contributed by atoms with Crippen LogP contribution in [0, 0.1) is 5.92 Å². The fourth-order valence-corrected chi connectivity index (χ4v) is 1.97. The number of amides is 2. The van der Waals surface area contributed by atoms with Gasteiger partial charge >= 0.3 is 12.0 Å². The van der Waals surface area contributed by atoms with Crippen molar-refractivity contribution in [3.05, 3.63) is 0 Å². The summed E-state index contributed by atoms with van der Waals surface area (Å²) in [5.74, 6) is -0.325.